The molecular weight excluding hydrogens is 523 g/mol. The smallest absolute Gasteiger partial charge is 0.222 e. The molecule has 0 aromatic heterocycles. The van der Waals surface area contributed by atoms with Crippen LogP contribution in [-0.2, 0) is 11.2 Å². The summed E-state index contributed by atoms with van der Waals surface area (Å²) in [6.07, 6.45) is 5.54. The van der Waals surface area contributed by atoms with E-state index in [1.165, 1.54) is 0 Å². The summed E-state index contributed by atoms with van der Waals surface area (Å²) in [5.41, 5.74) is 0.980. The van der Waals surface area contributed by atoms with Gasteiger partial charge in [-0.3, -0.25) is 9.79 Å². The van der Waals surface area contributed by atoms with E-state index in [0.29, 0.717) is 31.7 Å². The molecule has 1 amide bonds. The van der Waals surface area contributed by atoms with Gasteiger partial charge in [0.2, 0.25) is 5.91 Å². The van der Waals surface area contributed by atoms with Gasteiger partial charge in [-0.25, -0.2) is 0 Å². The zero-order chi connectivity index (χ0) is 22.5. The molecule has 1 saturated heterocycles. The Labute approximate surface area is 209 Å². The number of guanidine groups is 1. The fraction of sp³-hybridized carbons (Fsp3) is 0.652. The van der Waals surface area contributed by atoms with E-state index in [1.54, 1.807) is 21.3 Å². The summed E-state index contributed by atoms with van der Waals surface area (Å²) in [7, 11) is 4.91. The summed E-state index contributed by atoms with van der Waals surface area (Å²) in [5.74, 6) is 3.23. The van der Waals surface area contributed by atoms with Crippen molar-refractivity contribution in [2.24, 2.45) is 4.99 Å². The van der Waals surface area contributed by atoms with E-state index in [0.717, 1.165) is 68.3 Å². The first kappa shape index (κ1) is 28.1. The predicted molar refractivity (Wildman–Crippen MR) is 139 cm³/mol. The molecule has 9 heteroatoms. The molecule has 8 nitrogen and oxygen atoms in total. The van der Waals surface area contributed by atoms with Crippen LogP contribution in [0.15, 0.2) is 17.1 Å². The lowest BCUT2D eigenvalue weighted by atomic mass is 10.1. The normalized spacial score (nSPS) is 14.3. The first-order valence-electron chi connectivity index (χ1n) is 11.2. The molecule has 0 radical (unpaired) electrons. The van der Waals surface area contributed by atoms with Gasteiger partial charge in [0.15, 0.2) is 5.96 Å². The van der Waals surface area contributed by atoms with Crippen molar-refractivity contribution in [3.8, 4) is 17.2 Å². The minimum atomic E-state index is 0. The van der Waals surface area contributed by atoms with E-state index in [-0.39, 0.29) is 29.9 Å². The summed E-state index contributed by atoms with van der Waals surface area (Å²) in [6.45, 7) is 5.84. The number of ether oxygens (including phenoxy) is 3. The molecular formula is C23H39IN4O4. The molecule has 0 aliphatic carbocycles. The minimum Gasteiger partial charge on any atom is -0.496 e. The second kappa shape index (κ2) is 15.8. The second-order valence-corrected chi connectivity index (χ2v) is 7.49. The van der Waals surface area contributed by atoms with Gasteiger partial charge in [0, 0.05) is 56.8 Å². The molecule has 0 bridgehead atoms. The number of hydrogen-bond acceptors (Lipinski definition) is 5. The van der Waals surface area contributed by atoms with E-state index in [4.69, 9.17) is 14.2 Å². The fourth-order valence-electron chi connectivity index (χ4n) is 3.70. The van der Waals surface area contributed by atoms with Gasteiger partial charge >= 0.3 is 0 Å². The standard InChI is InChI=1S/C23H38N4O4.HI/c1-5-24-23(25-12-9-15-27-14-8-6-7-10-22(27)28)26-13-11-19-20(30-3)16-18(29-2)17-21(19)31-4;/h16-17H,5-15H2,1-4H3,(H2,24,25,26);1H. The van der Waals surface area contributed by atoms with Gasteiger partial charge in [0.25, 0.3) is 0 Å². The van der Waals surface area contributed by atoms with Gasteiger partial charge in [-0.15, -0.1) is 24.0 Å². The van der Waals surface area contributed by atoms with Crippen LogP contribution in [0.5, 0.6) is 17.2 Å². The molecule has 1 aromatic rings. The third kappa shape index (κ3) is 8.91. The number of benzene rings is 1. The SMILES string of the molecule is CCNC(=NCCCN1CCCCCC1=O)NCCc1c(OC)cc(OC)cc1OC.I. The first-order valence-corrected chi connectivity index (χ1v) is 11.2. The van der Waals surface area contributed by atoms with Crippen LogP contribution in [-0.4, -0.2) is 70.8 Å². The molecule has 1 fully saturated rings. The van der Waals surface area contributed by atoms with E-state index < -0.39 is 0 Å². The van der Waals surface area contributed by atoms with Crippen molar-refractivity contribution < 1.29 is 19.0 Å². The maximum absolute atomic E-state index is 12.1. The van der Waals surface area contributed by atoms with Crippen LogP contribution in [0.3, 0.4) is 0 Å². The molecule has 0 saturated carbocycles. The number of halogens is 1. The van der Waals surface area contributed by atoms with Crippen LogP contribution >= 0.6 is 24.0 Å². The lowest BCUT2D eigenvalue weighted by Gasteiger charge is -2.20. The lowest BCUT2D eigenvalue weighted by Crippen LogP contribution is -2.38. The molecule has 1 aliphatic rings. The third-order valence-corrected chi connectivity index (χ3v) is 5.36. The van der Waals surface area contributed by atoms with E-state index >= 15 is 0 Å². The van der Waals surface area contributed by atoms with E-state index in [9.17, 15) is 4.79 Å². The molecule has 1 aliphatic heterocycles. The largest absolute Gasteiger partial charge is 0.496 e. The average molecular weight is 562 g/mol. The van der Waals surface area contributed by atoms with Gasteiger partial charge in [0.05, 0.1) is 21.3 Å². The highest BCUT2D eigenvalue weighted by atomic mass is 127. The van der Waals surface area contributed by atoms with Crippen LogP contribution in [0.1, 0.15) is 44.6 Å². The van der Waals surface area contributed by atoms with Crippen molar-refractivity contribution in [3.05, 3.63) is 17.7 Å². The Balaban J connectivity index is 0.00000512. The number of nitrogens with zero attached hydrogens (tertiary/aromatic N) is 2. The average Bonchev–Trinajstić information content (AvgIpc) is 3.00. The number of methoxy groups -OCH3 is 3. The Morgan fingerprint density at radius 1 is 1.06 bits per heavy atom. The fourth-order valence-corrected chi connectivity index (χ4v) is 3.70. The number of likely N-dealkylation sites (tertiary alicyclic amines) is 1. The highest BCUT2D eigenvalue weighted by Gasteiger charge is 2.16. The van der Waals surface area contributed by atoms with Crippen molar-refractivity contribution in [1.82, 2.24) is 15.5 Å². The second-order valence-electron chi connectivity index (χ2n) is 7.49. The molecule has 2 rings (SSSR count). The predicted octanol–water partition coefficient (Wildman–Crippen LogP) is 3.22. The van der Waals surface area contributed by atoms with Crippen molar-refractivity contribution >= 4 is 35.8 Å². The highest BCUT2D eigenvalue weighted by molar-refractivity contribution is 14.0. The van der Waals surface area contributed by atoms with E-state index in [1.807, 2.05) is 24.0 Å². The van der Waals surface area contributed by atoms with Crippen LogP contribution in [0.4, 0.5) is 0 Å². The van der Waals surface area contributed by atoms with Crippen LogP contribution in [0.25, 0.3) is 0 Å². The molecule has 1 aromatic carbocycles. The third-order valence-electron chi connectivity index (χ3n) is 5.36. The summed E-state index contributed by atoms with van der Waals surface area (Å²) in [5, 5.41) is 6.65. The quantitative estimate of drug-likeness (QED) is 0.187. The van der Waals surface area contributed by atoms with Crippen LogP contribution in [0.2, 0.25) is 0 Å². The van der Waals surface area contributed by atoms with Crippen molar-refractivity contribution in [2.45, 2.75) is 45.4 Å². The Hall–Kier alpha value is -1.91. The van der Waals surface area contributed by atoms with Crippen LogP contribution in [0, 0.1) is 0 Å². The number of carbonyl (C=O) groups excluding carboxylic acids is 1. The van der Waals surface area contributed by atoms with Crippen molar-refractivity contribution in [3.63, 3.8) is 0 Å². The Kier molecular flexibility index (Phi) is 13.9. The maximum atomic E-state index is 12.1. The lowest BCUT2D eigenvalue weighted by molar-refractivity contribution is -0.130. The van der Waals surface area contributed by atoms with Crippen molar-refractivity contribution in [1.29, 1.82) is 0 Å². The highest BCUT2D eigenvalue weighted by Crippen LogP contribution is 2.34. The number of aliphatic imine (C=N–C) groups is 1. The first-order chi connectivity index (χ1) is 15.1. The maximum Gasteiger partial charge on any atom is 0.222 e. The minimum absolute atomic E-state index is 0. The van der Waals surface area contributed by atoms with Gasteiger partial charge < -0.3 is 29.7 Å². The molecule has 0 unspecified atom stereocenters. The van der Waals surface area contributed by atoms with Gasteiger partial charge in [0.1, 0.15) is 17.2 Å². The summed E-state index contributed by atoms with van der Waals surface area (Å²) in [4.78, 5) is 18.8. The van der Waals surface area contributed by atoms with E-state index in [2.05, 4.69) is 15.6 Å². The number of amides is 1. The summed E-state index contributed by atoms with van der Waals surface area (Å²) < 4.78 is 16.4. The number of rotatable bonds is 11. The molecule has 182 valence electrons. The molecule has 2 N–H and O–H groups in total. The van der Waals surface area contributed by atoms with Crippen molar-refractivity contribution in [2.75, 3.05) is 54.1 Å². The molecule has 32 heavy (non-hydrogen) atoms. The van der Waals surface area contributed by atoms with Gasteiger partial charge in [-0.1, -0.05) is 6.42 Å². The zero-order valence-corrected chi connectivity index (χ0v) is 22.2. The molecule has 0 atom stereocenters. The topological polar surface area (TPSA) is 84.4 Å². The summed E-state index contributed by atoms with van der Waals surface area (Å²) >= 11 is 0. The van der Waals surface area contributed by atoms with Gasteiger partial charge in [-0.2, -0.15) is 0 Å². The van der Waals surface area contributed by atoms with Crippen LogP contribution < -0.4 is 24.8 Å². The molecule has 0 spiro atoms. The monoisotopic (exact) mass is 562 g/mol. The Bertz CT molecular complexity index is 705. The Morgan fingerprint density at radius 2 is 1.78 bits per heavy atom. The number of carbonyl (C=O) groups is 1. The Morgan fingerprint density at radius 3 is 2.41 bits per heavy atom. The number of hydrogen-bond donors (Lipinski definition) is 2. The summed E-state index contributed by atoms with van der Waals surface area (Å²) in [6, 6.07) is 3.72. The number of nitrogens with one attached hydrogen (secondary N) is 2. The van der Waals surface area contributed by atoms with Gasteiger partial charge in [-0.05, 0) is 32.6 Å². The molecule has 1 heterocycles. The zero-order valence-electron chi connectivity index (χ0n) is 19.9.